The van der Waals surface area contributed by atoms with Crippen molar-refractivity contribution in [2.45, 2.75) is 44.0 Å². The Kier molecular flexibility index (Phi) is 7.14. The fraction of sp³-hybridized carbons (Fsp3) is 0.348. The number of fused-ring (bicyclic) bond motifs is 1. The van der Waals surface area contributed by atoms with Gasteiger partial charge in [-0.2, -0.15) is 0 Å². The highest BCUT2D eigenvalue weighted by Gasteiger charge is 2.18. The van der Waals surface area contributed by atoms with Gasteiger partial charge in [-0.15, -0.1) is 22.0 Å². The number of carbonyl (C=O) groups is 1. The van der Waals surface area contributed by atoms with Crippen LogP contribution >= 0.6 is 23.4 Å². The number of amides is 1. The SMILES string of the molecule is CCOc1ccc(SCC(=O)Nc2ccc(Cl)c(-c3nnc4n3CCCCC4)c2)cc1. The summed E-state index contributed by atoms with van der Waals surface area (Å²) in [7, 11) is 0. The molecule has 1 amide bonds. The minimum atomic E-state index is -0.0766. The second kappa shape index (κ2) is 10.2. The van der Waals surface area contributed by atoms with E-state index in [1.165, 1.54) is 18.2 Å². The normalized spacial score (nSPS) is 13.4. The van der Waals surface area contributed by atoms with Gasteiger partial charge in [0.2, 0.25) is 5.91 Å². The van der Waals surface area contributed by atoms with Crippen molar-refractivity contribution in [1.82, 2.24) is 14.8 Å². The minimum Gasteiger partial charge on any atom is -0.494 e. The van der Waals surface area contributed by atoms with Crippen molar-refractivity contribution in [3.63, 3.8) is 0 Å². The molecule has 1 aromatic heterocycles. The molecule has 0 fully saturated rings. The monoisotopic (exact) mass is 456 g/mol. The third-order valence-corrected chi connectivity index (χ3v) is 6.45. The Morgan fingerprint density at radius 3 is 2.81 bits per heavy atom. The number of nitrogens with one attached hydrogen (secondary N) is 1. The predicted molar refractivity (Wildman–Crippen MR) is 125 cm³/mol. The molecule has 162 valence electrons. The number of ether oxygens (including phenoxy) is 1. The number of anilines is 1. The van der Waals surface area contributed by atoms with Gasteiger partial charge in [0.15, 0.2) is 5.82 Å². The number of rotatable bonds is 7. The number of aryl methyl sites for hydroxylation is 1. The average molecular weight is 457 g/mol. The Hall–Kier alpha value is -2.51. The molecule has 3 aromatic rings. The minimum absolute atomic E-state index is 0.0766. The lowest BCUT2D eigenvalue weighted by Crippen LogP contribution is -2.14. The van der Waals surface area contributed by atoms with Crippen molar-refractivity contribution >= 4 is 35.0 Å². The van der Waals surface area contributed by atoms with Crippen LogP contribution in [0, 0.1) is 0 Å². The van der Waals surface area contributed by atoms with Crippen molar-refractivity contribution in [3.8, 4) is 17.1 Å². The lowest BCUT2D eigenvalue weighted by atomic mass is 10.1. The number of nitrogens with zero attached hydrogens (tertiary/aromatic N) is 3. The van der Waals surface area contributed by atoms with Crippen LogP contribution in [0.25, 0.3) is 11.4 Å². The maximum atomic E-state index is 12.5. The van der Waals surface area contributed by atoms with Crippen LogP contribution in [0.3, 0.4) is 0 Å². The number of hydrogen-bond donors (Lipinski definition) is 1. The van der Waals surface area contributed by atoms with E-state index in [0.717, 1.165) is 53.7 Å². The molecule has 31 heavy (non-hydrogen) atoms. The van der Waals surface area contributed by atoms with Crippen LogP contribution in [0.15, 0.2) is 47.4 Å². The van der Waals surface area contributed by atoms with Crippen LogP contribution in [0.5, 0.6) is 5.75 Å². The van der Waals surface area contributed by atoms with Crippen molar-refractivity contribution < 1.29 is 9.53 Å². The first kappa shape index (κ1) is 21.7. The van der Waals surface area contributed by atoms with Gasteiger partial charge in [0.25, 0.3) is 0 Å². The third kappa shape index (κ3) is 5.40. The molecular weight excluding hydrogens is 432 g/mol. The first-order chi connectivity index (χ1) is 15.1. The van der Waals surface area contributed by atoms with Gasteiger partial charge in [0, 0.05) is 29.1 Å². The van der Waals surface area contributed by atoms with E-state index in [2.05, 4.69) is 20.1 Å². The summed E-state index contributed by atoms with van der Waals surface area (Å²) < 4.78 is 7.60. The van der Waals surface area contributed by atoms with Gasteiger partial charge in [-0.3, -0.25) is 4.79 Å². The van der Waals surface area contributed by atoms with Crippen molar-refractivity contribution in [2.24, 2.45) is 0 Å². The Morgan fingerprint density at radius 1 is 1.16 bits per heavy atom. The number of thioether (sulfide) groups is 1. The first-order valence-electron chi connectivity index (χ1n) is 10.5. The lowest BCUT2D eigenvalue weighted by Gasteiger charge is -2.11. The van der Waals surface area contributed by atoms with E-state index >= 15 is 0 Å². The van der Waals surface area contributed by atoms with Crippen LogP contribution in [0.4, 0.5) is 5.69 Å². The summed E-state index contributed by atoms with van der Waals surface area (Å²) >= 11 is 7.96. The zero-order chi connectivity index (χ0) is 21.6. The summed E-state index contributed by atoms with van der Waals surface area (Å²) in [6.45, 7) is 3.48. The highest BCUT2D eigenvalue weighted by atomic mass is 35.5. The molecule has 0 atom stereocenters. The molecule has 2 heterocycles. The van der Waals surface area contributed by atoms with E-state index in [4.69, 9.17) is 16.3 Å². The number of hydrogen-bond acceptors (Lipinski definition) is 5. The summed E-state index contributed by atoms with van der Waals surface area (Å²) in [4.78, 5) is 13.5. The van der Waals surface area contributed by atoms with Gasteiger partial charge in [-0.05, 0) is 62.2 Å². The summed E-state index contributed by atoms with van der Waals surface area (Å²) in [5.74, 6) is 2.84. The van der Waals surface area contributed by atoms with Crippen LogP contribution in [-0.4, -0.2) is 33.0 Å². The van der Waals surface area contributed by atoms with E-state index in [0.29, 0.717) is 23.1 Å². The molecule has 0 unspecified atom stereocenters. The number of halogens is 1. The van der Waals surface area contributed by atoms with Gasteiger partial charge in [0.1, 0.15) is 11.6 Å². The maximum absolute atomic E-state index is 12.5. The standard InChI is InChI=1S/C23H25ClN4O2S/c1-2-30-17-8-10-18(11-9-17)31-15-22(29)25-16-7-12-20(24)19(14-16)23-27-26-21-6-4-3-5-13-28(21)23/h7-12,14H,2-6,13,15H2,1H3,(H,25,29). The molecule has 0 saturated carbocycles. The average Bonchev–Trinajstić information content (AvgIpc) is 3.02. The lowest BCUT2D eigenvalue weighted by molar-refractivity contribution is -0.113. The van der Waals surface area contributed by atoms with Gasteiger partial charge in [-0.1, -0.05) is 18.0 Å². The molecular formula is C23H25ClN4O2S. The van der Waals surface area contributed by atoms with Gasteiger partial charge in [-0.25, -0.2) is 0 Å². The van der Waals surface area contributed by atoms with E-state index in [1.54, 1.807) is 6.07 Å². The molecule has 0 radical (unpaired) electrons. The van der Waals surface area contributed by atoms with Crippen molar-refractivity contribution in [1.29, 1.82) is 0 Å². The maximum Gasteiger partial charge on any atom is 0.234 e. The number of carbonyl (C=O) groups excluding carboxylic acids is 1. The largest absolute Gasteiger partial charge is 0.494 e. The van der Waals surface area contributed by atoms with Crippen LogP contribution in [0.1, 0.15) is 32.0 Å². The zero-order valence-electron chi connectivity index (χ0n) is 17.4. The van der Waals surface area contributed by atoms with Gasteiger partial charge >= 0.3 is 0 Å². The smallest absolute Gasteiger partial charge is 0.234 e. The summed E-state index contributed by atoms with van der Waals surface area (Å²) in [6, 6.07) is 13.2. The molecule has 2 aromatic carbocycles. The second-order valence-corrected chi connectivity index (χ2v) is 8.79. The molecule has 0 spiro atoms. The molecule has 1 aliphatic heterocycles. The van der Waals surface area contributed by atoms with E-state index in [-0.39, 0.29) is 5.91 Å². The van der Waals surface area contributed by atoms with Gasteiger partial charge in [0.05, 0.1) is 17.4 Å². The van der Waals surface area contributed by atoms with E-state index in [9.17, 15) is 4.79 Å². The number of aromatic nitrogens is 3. The molecule has 6 nitrogen and oxygen atoms in total. The number of benzene rings is 2. The fourth-order valence-electron chi connectivity index (χ4n) is 3.60. The molecule has 8 heteroatoms. The Labute approximate surface area is 191 Å². The summed E-state index contributed by atoms with van der Waals surface area (Å²) in [5.41, 5.74) is 1.49. The molecule has 1 N–H and O–H groups in total. The Balaban J connectivity index is 1.42. The van der Waals surface area contributed by atoms with E-state index in [1.807, 2.05) is 43.3 Å². The highest BCUT2D eigenvalue weighted by Crippen LogP contribution is 2.31. The Bertz CT molecular complexity index is 1050. The summed E-state index contributed by atoms with van der Waals surface area (Å²) in [5, 5.41) is 12.3. The van der Waals surface area contributed by atoms with Crippen LogP contribution in [-0.2, 0) is 17.8 Å². The first-order valence-corrected chi connectivity index (χ1v) is 11.9. The quantitative estimate of drug-likeness (QED) is 0.478. The predicted octanol–water partition coefficient (Wildman–Crippen LogP) is 5.45. The topological polar surface area (TPSA) is 69.0 Å². The molecule has 4 rings (SSSR count). The van der Waals surface area contributed by atoms with Gasteiger partial charge < -0.3 is 14.6 Å². The molecule has 0 aliphatic carbocycles. The summed E-state index contributed by atoms with van der Waals surface area (Å²) in [6.07, 6.45) is 4.37. The van der Waals surface area contributed by atoms with Crippen molar-refractivity contribution in [2.75, 3.05) is 17.7 Å². The third-order valence-electron chi connectivity index (χ3n) is 5.11. The van der Waals surface area contributed by atoms with Crippen LogP contribution in [0.2, 0.25) is 5.02 Å². The highest BCUT2D eigenvalue weighted by molar-refractivity contribution is 8.00. The van der Waals surface area contributed by atoms with E-state index < -0.39 is 0 Å². The Morgan fingerprint density at radius 2 is 2.00 bits per heavy atom. The van der Waals surface area contributed by atoms with Crippen LogP contribution < -0.4 is 10.1 Å². The molecule has 0 saturated heterocycles. The molecule has 0 bridgehead atoms. The molecule has 1 aliphatic rings. The fourth-order valence-corrected chi connectivity index (χ4v) is 4.50. The second-order valence-electron chi connectivity index (χ2n) is 7.34. The zero-order valence-corrected chi connectivity index (χ0v) is 19.0. The van der Waals surface area contributed by atoms with Crippen molar-refractivity contribution in [3.05, 3.63) is 53.3 Å².